The highest BCUT2D eigenvalue weighted by molar-refractivity contribution is 6.06. The SMILES string of the molecule is O=C(Nc1cc(C(F)(F)F)ccc1N1CCCC1)c1ccc2c(c1)COC2. The van der Waals surface area contributed by atoms with Crippen LogP contribution in [0, 0.1) is 0 Å². The van der Waals surface area contributed by atoms with Crippen LogP contribution in [-0.2, 0) is 24.1 Å². The van der Waals surface area contributed by atoms with Crippen LogP contribution in [0.15, 0.2) is 36.4 Å². The van der Waals surface area contributed by atoms with Crippen LogP contribution >= 0.6 is 0 Å². The number of halogens is 3. The third kappa shape index (κ3) is 3.64. The van der Waals surface area contributed by atoms with Gasteiger partial charge >= 0.3 is 6.18 Å². The van der Waals surface area contributed by atoms with Gasteiger partial charge in [0.1, 0.15) is 0 Å². The molecule has 0 aromatic heterocycles. The number of fused-ring (bicyclic) bond motifs is 1. The molecular weight excluding hydrogens is 357 g/mol. The van der Waals surface area contributed by atoms with Crippen molar-refractivity contribution in [2.24, 2.45) is 0 Å². The zero-order chi connectivity index (χ0) is 19.0. The molecule has 0 radical (unpaired) electrons. The van der Waals surface area contributed by atoms with Crippen molar-refractivity contribution in [2.75, 3.05) is 23.3 Å². The first-order valence-electron chi connectivity index (χ1n) is 8.89. The first-order chi connectivity index (χ1) is 12.9. The van der Waals surface area contributed by atoms with Crippen molar-refractivity contribution in [1.29, 1.82) is 0 Å². The van der Waals surface area contributed by atoms with E-state index in [0.29, 0.717) is 24.5 Å². The number of hydrogen-bond donors (Lipinski definition) is 1. The van der Waals surface area contributed by atoms with Gasteiger partial charge in [-0.25, -0.2) is 0 Å². The Balaban J connectivity index is 1.65. The normalized spacial score (nSPS) is 16.5. The summed E-state index contributed by atoms with van der Waals surface area (Å²) in [4.78, 5) is 14.7. The molecule has 1 saturated heterocycles. The van der Waals surface area contributed by atoms with Crippen LogP contribution in [-0.4, -0.2) is 19.0 Å². The minimum Gasteiger partial charge on any atom is -0.372 e. The quantitative estimate of drug-likeness (QED) is 0.852. The van der Waals surface area contributed by atoms with E-state index < -0.39 is 17.6 Å². The molecule has 0 unspecified atom stereocenters. The number of anilines is 2. The molecule has 0 atom stereocenters. The van der Waals surface area contributed by atoms with Gasteiger partial charge in [0.05, 0.1) is 30.2 Å². The van der Waals surface area contributed by atoms with Crippen LogP contribution in [0.3, 0.4) is 0 Å². The van der Waals surface area contributed by atoms with E-state index in [-0.39, 0.29) is 5.69 Å². The molecule has 2 aliphatic rings. The summed E-state index contributed by atoms with van der Waals surface area (Å²) in [5, 5.41) is 2.69. The summed E-state index contributed by atoms with van der Waals surface area (Å²) in [6.45, 7) is 2.50. The molecule has 2 aliphatic heterocycles. The Bertz CT molecular complexity index is 874. The Hall–Kier alpha value is -2.54. The Morgan fingerprint density at radius 1 is 1.00 bits per heavy atom. The number of ether oxygens (including phenoxy) is 1. The monoisotopic (exact) mass is 376 g/mol. The number of alkyl halides is 3. The Kier molecular flexibility index (Phi) is 4.55. The van der Waals surface area contributed by atoms with Gasteiger partial charge in [-0.05, 0) is 54.3 Å². The van der Waals surface area contributed by atoms with Crippen LogP contribution in [0.2, 0.25) is 0 Å². The highest BCUT2D eigenvalue weighted by Gasteiger charge is 2.32. The van der Waals surface area contributed by atoms with Gasteiger partial charge in [0.25, 0.3) is 5.91 Å². The molecule has 0 saturated carbocycles. The lowest BCUT2D eigenvalue weighted by molar-refractivity contribution is -0.137. The van der Waals surface area contributed by atoms with Crippen LogP contribution in [0.25, 0.3) is 0 Å². The maximum Gasteiger partial charge on any atom is 0.416 e. The summed E-state index contributed by atoms with van der Waals surface area (Å²) in [7, 11) is 0. The van der Waals surface area contributed by atoms with Crippen molar-refractivity contribution < 1.29 is 22.7 Å². The first-order valence-corrected chi connectivity index (χ1v) is 8.89. The lowest BCUT2D eigenvalue weighted by Gasteiger charge is -2.23. The predicted molar refractivity (Wildman–Crippen MR) is 95.8 cm³/mol. The zero-order valence-electron chi connectivity index (χ0n) is 14.6. The molecule has 0 bridgehead atoms. The van der Waals surface area contributed by atoms with Gasteiger partial charge in [0.2, 0.25) is 0 Å². The molecule has 4 nitrogen and oxygen atoms in total. The number of hydrogen-bond acceptors (Lipinski definition) is 3. The van der Waals surface area contributed by atoms with Gasteiger partial charge < -0.3 is 15.0 Å². The Labute approximate surface area is 154 Å². The van der Waals surface area contributed by atoms with Crippen molar-refractivity contribution in [3.05, 3.63) is 58.7 Å². The molecule has 2 heterocycles. The summed E-state index contributed by atoms with van der Waals surface area (Å²) in [5.74, 6) is -0.426. The molecule has 142 valence electrons. The lowest BCUT2D eigenvalue weighted by Crippen LogP contribution is -2.22. The zero-order valence-corrected chi connectivity index (χ0v) is 14.6. The van der Waals surface area contributed by atoms with Crippen LogP contribution in [0.5, 0.6) is 0 Å². The van der Waals surface area contributed by atoms with Crippen molar-refractivity contribution in [1.82, 2.24) is 0 Å². The fraction of sp³-hybridized carbons (Fsp3) is 0.350. The fourth-order valence-electron chi connectivity index (χ4n) is 3.55. The second kappa shape index (κ2) is 6.88. The lowest BCUT2D eigenvalue weighted by atomic mass is 10.1. The molecule has 0 spiro atoms. The van der Waals surface area contributed by atoms with E-state index in [1.165, 1.54) is 6.07 Å². The smallest absolute Gasteiger partial charge is 0.372 e. The van der Waals surface area contributed by atoms with E-state index in [2.05, 4.69) is 5.32 Å². The molecule has 27 heavy (non-hydrogen) atoms. The Morgan fingerprint density at radius 3 is 2.48 bits per heavy atom. The van der Waals surface area contributed by atoms with Gasteiger partial charge in [-0.15, -0.1) is 0 Å². The molecule has 0 aliphatic carbocycles. The second-order valence-electron chi connectivity index (χ2n) is 6.85. The number of amides is 1. The van der Waals surface area contributed by atoms with Gasteiger partial charge in [0.15, 0.2) is 0 Å². The third-order valence-corrected chi connectivity index (χ3v) is 5.00. The predicted octanol–water partition coefficient (Wildman–Crippen LogP) is 4.59. The Morgan fingerprint density at radius 2 is 1.74 bits per heavy atom. The summed E-state index contributed by atoms with van der Waals surface area (Å²) in [5.41, 5.74) is 2.41. The van der Waals surface area contributed by atoms with Crippen molar-refractivity contribution in [2.45, 2.75) is 32.2 Å². The summed E-state index contributed by atoms with van der Waals surface area (Å²) in [6.07, 6.45) is -2.49. The average molecular weight is 376 g/mol. The molecule has 1 N–H and O–H groups in total. The molecule has 7 heteroatoms. The molecule has 1 fully saturated rings. The standard InChI is InChI=1S/C20H19F3N2O2/c21-20(22,23)16-5-6-18(25-7-1-2-8-25)17(10-16)24-19(26)13-3-4-14-11-27-12-15(14)9-13/h3-6,9-10H,1-2,7-8,11-12H2,(H,24,26). The highest BCUT2D eigenvalue weighted by Crippen LogP contribution is 2.36. The van der Waals surface area contributed by atoms with E-state index >= 15 is 0 Å². The van der Waals surface area contributed by atoms with E-state index in [0.717, 1.165) is 49.2 Å². The van der Waals surface area contributed by atoms with Gasteiger partial charge in [-0.1, -0.05) is 6.07 Å². The number of carbonyl (C=O) groups excluding carboxylic acids is 1. The van der Waals surface area contributed by atoms with Gasteiger partial charge in [-0.2, -0.15) is 13.2 Å². The van der Waals surface area contributed by atoms with Crippen molar-refractivity contribution in [3.8, 4) is 0 Å². The molecular formula is C20H19F3N2O2. The second-order valence-corrected chi connectivity index (χ2v) is 6.85. The maximum absolute atomic E-state index is 13.1. The average Bonchev–Trinajstić information content (AvgIpc) is 3.32. The largest absolute Gasteiger partial charge is 0.416 e. The highest BCUT2D eigenvalue weighted by atomic mass is 19.4. The van der Waals surface area contributed by atoms with E-state index in [9.17, 15) is 18.0 Å². The molecule has 2 aromatic rings. The summed E-state index contributed by atoms with van der Waals surface area (Å²) < 4.78 is 44.8. The van der Waals surface area contributed by atoms with Gasteiger partial charge in [-0.3, -0.25) is 4.79 Å². The summed E-state index contributed by atoms with van der Waals surface area (Å²) >= 11 is 0. The number of nitrogens with one attached hydrogen (secondary N) is 1. The van der Waals surface area contributed by atoms with Gasteiger partial charge in [0, 0.05) is 18.7 Å². The van der Waals surface area contributed by atoms with E-state index in [1.54, 1.807) is 12.1 Å². The van der Waals surface area contributed by atoms with Crippen molar-refractivity contribution >= 4 is 17.3 Å². The number of rotatable bonds is 3. The van der Waals surface area contributed by atoms with Crippen LogP contribution in [0.1, 0.15) is 39.9 Å². The van der Waals surface area contributed by atoms with Crippen molar-refractivity contribution in [3.63, 3.8) is 0 Å². The fourth-order valence-corrected chi connectivity index (χ4v) is 3.55. The van der Waals surface area contributed by atoms with E-state index in [1.807, 2.05) is 11.0 Å². The molecule has 2 aromatic carbocycles. The minimum atomic E-state index is -4.46. The summed E-state index contributed by atoms with van der Waals surface area (Å²) in [6, 6.07) is 8.76. The number of benzene rings is 2. The van der Waals surface area contributed by atoms with E-state index in [4.69, 9.17) is 4.74 Å². The minimum absolute atomic E-state index is 0.188. The number of nitrogens with zero attached hydrogens (tertiary/aromatic N) is 1. The third-order valence-electron chi connectivity index (χ3n) is 5.00. The maximum atomic E-state index is 13.1. The van der Waals surface area contributed by atoms with Crippen LogP contribution < -0.4 is 10.2 Å². The molecule has 1 amide bonds. The van der Waals surface area contributed by atoms with Crippen LogP contribution in [0.4, 0.5) is 24.5 Å². The molecule has 4 rings (SSSR count). The topological polar surface area (TPSA) is 41.6 Å². The first kappa shape index (κ1) is 17.9. The number of carbonyl (C=O) groups is 1.